The zero-order valence-corrected chi connectivity index (χ0v) is 11.3. The van der Waals surface area contributed by atoms with E-state index in [2.05, 4.69) is 12.1 Å². The highest BCUT2D eigenvalue weighted by Gasteiger charge is 2.30. The largest absolute Gasteiger partial charge is 0.330 e. The van der Waals surface area contributed by atoms with E-state index in [-0.39, 0.29) is 0 Å². The van der Waals surface area contributed by atoms with E-state index in [1.54, 1.807) is 0 Å². The molecule has 92 valence electrons. The van der Waals surface area contributed by atoms with E-state index < -0.39 is 0 Å². The van der Waals surface area contributed by atoms with Gasteiger partial charge >= 0.3 is 0 Å². The Morgan fingerprint density at radius 1 is 0.889 bits per heavy atom. The first-order valence-corrected chi connectivity index (χ1v) is 6.77. The molecule has 0 spiro atoms. The van der Waals surface area contributed by atoms with Crippen molar-refractivity contribution in [1.82, 2.24) is 0 Å². The van der Waals surface area contributed by atoms with Crippen LogP contribution in [0.25, 0.3) is 11.1 Å². The van der Waals surface area contributed by atoms with Gasteiger partial charge in [-0.2, -0.15) is 0 Å². The fraction of sp³-hybridized carbons (Fsp3) is 0.200. The van der Waals surface area contributed by atoms with Crippen LogP contribution in [0, 0.1) is 0 Å². The molecule has 2 aromatic rings. The smallest absolute Gasteiger partial charge is 0.0488 e. The summed E-state index contributed by atoms with van der Waals surface area (Å²) in [5.41, 5.74) is 10.4. The Kier molecular flexibility index (Phi) is 3.06. The van der Waals surface area contributed by atoms with Gasteiger partial charge in [0.15, 0.2) is 0 Å². The zero-order chi connectivity index (χ0) is 12.7. The molecule has 0 heterocycles. The molecule has 0 saturated carbocycles. The van der Waals surface area contributed by atoms with Crippen LogP contribution in [0.5, 0.6) is 0 Å². The molecule has 0 atom stereocenters. The Bertz CT molecular complexity index is 556. The predicted octanol–water partition coefficient (Wildman–Crippen LogP) is 4.45. The van der Waals surface area contributed by atoms with Gasteiger partial charge in [-0.15, -0.1) is 0 Å². The van der Waals surface area contributed by atoms with Crippen LogP contribution in [0.3, 0.4) is 0 Å². The van der Waals surface area contributed by atoms with Crippen molar-refractivity contribution < 1.29 is 0 Å². The summed E-state index contributed by atoms with van der Waals surface area (Å²) in [7, 11) is 0. The van der Waals surface area contributed by atoms with Gasteiger partial charge in [-0.1, -0.05) is 47.5 Å². The molecule has 1 aliphatic carbocycles. The second-order valence-corrected chi connectivity index (χ2v) is 5.35. The molecule has 0 aliphatic heterocycles. The van der Waals surface area contributed by atoms with Crippen molar-refractivity contribution in [3.05, 3.63) is 57.6 Å². The van der Waals surface area contributed by atoms with Crippen molar-refractivity contribution >= 4 is 23.2 Å². The van der Waals surface area contributed by atoms with Gasteiger partial charge in [0.2, 0.25) is 0 Å². The lowest BCUT2D eigenvalue weighted by molar-refractivity contribution is 0.741. The molecule has 0 unspecified atom stereocenters. The van der Waals surface area contributed by atoms with Crippen molar-refractivity contribution in [1.29, 1.82) is 0 Å². The van der Waals surface area contributed by atoms with Crippen molar-refractivity contribution in [2.24, 2.45) is 5.73 Å². The van der Waals surface area contributed by atoms with Gasteiger partial charge in [-0.25, -0.2) is 0 Å². The summed E-state index contributed by atoms with van der Waals surface area (Å²) < 4.78 is 0. The van der Waals surface area contributed by atoms with Gasteiger partial charge in [0.1, 0.15) is 0 Å². The first kappa shape index (κ1) is 12.0. The minimum Gasteiger partial charge on any atom is -0.330 e. The maximum atomic E-state index is 6.34. The van der Waals surface area contributed by atoms with Crippen LogP contribution in [0.2, 0.25) is 10.0 Å². The molecular formula is C15H13Cl2N. The standard InChI is InChI=1S/C15H13Cl2N/c16-12-5-1-3-10-9(7-8-18)11-4-2-6-13(17)15(11)14(10)12/h1-6,9H,7-8,18H2. The van der Waals surface area contributed by atoms with Crippen molar-refractivity contribution in [2.75, 3.05) is 6.54 Å². The van der Waals surface area contributed by atoms with Gasteiger partial charge in [0.25, 0.3) is 0 Å². The van der Waals surface area contributed by atoms with Crippen LogP contribution in [0.4, 0.5) is 0 Å². The minimum atomic E-state index is 0.317. The zero-order valence-electron chi connectivity index (χ0n) is 9.79. The van der Waals surface area contributed by atoms with E-state index in [9.17, 15) is 0 Å². The Labute approximate surface area is 117 Å². The lowest BCUT2D eigenvalue weighted by atomic mass is 9.94. The van der Waals surface area contributed by atoms with E-state index in [4.69, 9.17) is 28.9 Å². The van der Waals surface area contributed by atoms with E-state index in [0.717, 1.165) is 27.6 Å². The summed E-state index contributed by atoms with van der Waals surface area (Å²) in [5.74, 6) is 0.317. The quantitative estimate of drug-likeness (QED) is 0.862. The summed E-state index contributed by atoms with van der Waals surface area (Å²) in [5, 5.41) is 1.53. The van der Waals surface area contributed by atoms with Crippen molar-refractivity contribution in [3.8, 4) is 11.1 Å². The summed E-state index contributed by atoms with van der Waals surface area (Å²) in [6.45, 7) is 0.655. The number of nitrogens with two attached hydrogens (primary N) is 1. The Hall–Kier alpha value is -1.02. The molecule has 1 aliphatic rings. The van der Waals surface area contributed by atoms with Gasteiger partial charge in [0, 0.05) is 27.1 Å². The molecule has 2 aromatic carbocycles. The molecule has 3 heteroatoms. The number of fused-ring (bicyclic) bond motifs is 3. The first-order chi connectivity index (χ1) is 8.74. The van der Waals surface area contributed by atoms with Crippen LogP contribution in [0.15, 0.2) is 36.4 Å². The van der Waals surface area contributed by atoms with Crippen LogP contribution < -0.4 is 5.73 Å². The van der Waals surface area contributed by atoms with Crippen LogP contribution in [-0.4, -0.2) is 6.54 Å². The predicted molar refractivity (Wildman–Crippen MR) is 77.4 cm³/mol. The molecule has 0 aromatic heterocycles. The number of rotatable bonds is 2. The lowest BCUT2D eigenvalue weighted by Crippen LogP contribution is -2.06. The van der Waals surface area contributed by atoms with Crippen molar-refractivity contribution in [2.45, 2.75) is 12.3 Å². The van der Waals surface area contributed by atoms with Crippen LogP contribution in [-0.2, 0) is 0 Å². The van der Waals surface area contributed by atoms with E-state index >= 15 is 0 Å². The highest BCUT2D eigenvalue weighted by molar-refractivity contribution is 6.37. The second-order valence-electron chi connectivity index (χ2n) is 4.54. The molecule has 1 nitrogen and oxygen atoms in total. The molecule has 0 bridgehead atoms. The number of hydrogen-bond donors (Lipinski definition) is 1. The summed E-state index contributed by atoms with van der Waals surface area (Å²) in [6, 6.07) is 12.1. The SMILES string of the molecule is NCCC1c2cccc(Cl)c2-c2c(Cl)cccc21. The average molecular weight is 278 g/mol. The fourth-order valence-corrected chi connectivity index (χ4v) is 3.39. The van der Waals surface area contributed by atoms with E-state index in [0.29, 0.717) is 12.5 Å². The fourth-order valence-electron chi connectivity index (χ4n) is 2.84. The number of benzene rings is 2. The first-order valence-electron chi connectivity index (χ1n) is 6.01. The molecule has 0 radical (unpaired) electrons. The maximum Gasteiger partial charge on any atom is 0.0488 e. The van der Waals surface area contributed by atoms with Crippen LogP contribution >= 0.6 is 23.2 Å². The molecule has 18 heavy (non-hydrogen) atoms. The lowest BCUT2D eigenvalue weighted by Gasteiger charge is -2.11. The molecule has 0 amide bonds. The Morgan fingerprint density at radius 3 is 1.83 bits per heavy atom. The van der Waals surface area contributed by atoms with Crippen molar-refractivity contribution in [3.63, 3.8) is 0 Å². The molecular weight excluding hydrogens is 265 g/mol. The van der Waals surface area contributed by atoms with Gasteiger partial charge < -0.3 is 5.73 Å². The minimum absolute atomic E-state index is 0.317. The Balaban J connectivity index is 2.31. The maximum absolute atomic E-state index is 6.34. The van der Waals surface area contributed by atoms with Crippen LogP contribution in [0.1, 0.15) is 23.5 Å². The molecule has 0 saturated heterocycles. The normalized spacial score (nSPS) is 13.5. The van der Waals surface area contributed by atoms with E-state index in [1.807, 2.05) is 24.3 Å². The Morgan fingerprint density at radius 2 is 1.39 bits per heavy atom. The highest BCUT2D eigenvalue weighted by atomic mass is 35.5. The summed E-state index contributed by atoms with van der Waals surface area (Å²) in [6.07, 6.45) is 0.917. The van der Waals surface area contributed by atoms with E-state index in [1.165, 1.54) is 11.1 Å². The van der Waals surface area contributed by atoms with Gasteiger partial charge in [-0.3, -0.25) is 0 Å². The molecule has 3 rings (SSSR count). The highest BCUT2D eigenvalue weighted by Crippen LogP contribution is 2.51. The second kappa shape index (κ2) is 4.58. The average Bonchev–Trinajstić information content (AvgIpc) is 2.68. The number of halogens is 2. The van der Waals surface area contributed by atoms with Gasteiger partial charge in [-0.05, 0) is 36.2 Å². The third kappa shape index (κ3) is 1.66. The summed E-state index contributed by atoms with van der Waals surface area (Å²) >= 11 is 12.7. The molecule has 0 fully saturated rings. The monoisotopic (exact) mass is 277 g/mol. The molecule has 2 N–H and O–H groups in total. The summed E-state index contributed by atoms with van der Waals surface area (Å²) in [4.78, 5) is 0. The topological polar surface area (TPSA) is 26.0 Å². The van der Waals surface area contributed by atoms with Gasteiger partial charge in [0.05, 0.1) is 0 Å². The third-order valence-corrected chi connectivity index (χ3v) is 4.18. The third-order valence-electron chi connectivity index (χ3n) is 3.55. The number of hydrogen-bond acceptors (Lipinski definition) is 1.